The first kappa shape index (κ1) is 24.5. The van der Waals surface area contributed by atoms with E-state index in [1.807, 2.05) is 0 Å². The molecule has 0 saturated heterocycles. The van der Waals surface area contributed by atoms with Crippen molar-refractivity contribution in [3.8, 4) is 50.2 Å². The van der Waals surface area contributed by atoms with Gasteiger partial charge < -0.3 is 4.57 Å². The Hall–Kier alpha value is -5.92. The largest absolute Gasteiger partial charge is 0.309 e. The molecule has 8 aromatic carbocycles. The van der Waals surface area contributed by atoms with Gasteiger partial charge in [-0.05, 0) is 84.9 Å². The summed E-state index contributed by atoms with van der Waals surface area (Å²) in [5.74, 6) is 0. The summed E-state index contributed by atoms with van der Waals surface area (Å²) in [5.41, 5.74) is 13.8. The van der Waals surface area contributed by atoms with Crippen molar-refractivity contribution in [2.24, 2.45) is 0 Å². The standard InChI is InChI=1S/C44H27N/c1-3-12-28(13-4-1)31-24-32(29-14-5-2-6-15-29)26-33(25-31)45-41-27-40-36-19-10-9-18-35(36)37-20-11-21-38(42(37)40)43(41)39-23-22-30-16-7-8-17-34(30)44(39)45/h1-27H. The van der Waals surface area contributed by atoms with Crippen molar-refractivity contribution in [3.05, 3.63) is 164 Å². The van der Waals surface area contributed by atoms with Crippen LogP contribution in [0.3, 0.4) is 0 Å². The van der Waals surface area contributed by atoms with Crippen LogP contribution in [-0.4, -0.2) is 4.57 Å². The minimum Gasteiger partial charge on any atom is -0.309 e. The molecule has 0 bridgehead atoms. The minimum atomic E-state index is 1.17. The molecule has 0 saturated carbocycles. The first-order chi connectivity index (χ1) is 22.3. The van der Waals surface area contributed by atoms with Crippen molar-refractivity contribution >= 4 is 43.4 Å². The van der Waals surface area contributed by atoms with Crippen molar-refractivity contribution in [2.75, 3.05) is 0 Å². The number of hydrogen-bond acceptors (Lipinski definition) is 0. The highest BCUT2D eigenvalue weighted by atomic mass is 15.0. The first-order valence-corrected chi connectivity index (χ1v) is 15.6. The van der Waals surface area contributed by atoms with E-state index in [4.69, 9.17) is 0 Å². The lowest BCUT2D eigenvalue weighted by atomic mass is 9.97. The van der Waals surface area contributed by atoms with E-state index in [9.17, 15) is 0 Å². The van der Waals surface area contributed by atoms with Crippen molar-refractivity contribution in [3.63, 3.8) is 0 Å². The fourth-order valence-electron chi connectivity index (χ4n) is 7.74. The Bertz CT molecular complexity index is 2570. The smallest absolute Gasteiger partial charge is 0.0619 e. The number of rotatable bonds is 3. The van der Waals surface area contributed by atoms with Gasteiger partial charge in [0.2, 0.25) is 0 Å². The van der Waals surface area contributed by atoms with E-state index in [0.29, 0.717) is 0 Å². The van der Waals surface area contributed by atoms with Crippen LogP contribution in [0.2, 0.25) is 0 Å². The molecule has 0 N–H and O–H groups in total. The lowest BCUT2D eigenvalue weighted by Gasteiger charge is -2.15. The van der Waals surface area contributed by atoms with E-state index in [1.54, 1.807) is 0 Å². The second kappa shape index (κ2) is 9.29. The van der Waals surface area contributed by atoms with Crippen LogP contribution in [0, 0.1) is 0 Å². The molecule has 0 fully saturated rings. The average Bonchev–Trinajstić information content (AvgIpc) is 3.63. The van der Waals surface area contributed by atoms with E-state index in [2.05, 4.69) is 168 Å². The highest BCUT2D eigenvalue weighted by molar-refractivity contribution is 6.31. The molecule has 0 atom stereocenters. The number of hydrogen-bond donors (Lipinski definition) is 0. The molecule has 0 amide bonds. The van der Waals surface area contributed by atoms with Gasteiger partial charge in [-0.1, -0.05) is 140 Å². The van der Waals surface area contributed by atoms with Crippen molar-refractivity contribution in [1.29, 1.82) is 0 Å². The van der Waals surface area contributed by atoms with Crippen LogP contribution >= 0.6 is 0 Å². The van der Waals surface area contributed by atoms with E-state index in [-0.39, 0.29) is 0 Å². The summed E-state index contributed by atoms with van der Waals surface area (Å²) in [6.45, 7) is 0. The summed E-state index contributed by atoms with van der Waals surface area (Å²) in [6.07, 6.45) is 0. The summed E-state index contributed by atoms with van der Waals surface area (Å²) in [5, 5.41) is 7.80. The molecular weight excluding hydrogens is 542 g/mol. The van der Waals surface area contributed by atoms with E-state index >= 15 is 0 Å². The Labute approximate surface area is 261 Å². The number of aromatic nitrogens is 1. The van der Waals surface area contributed by atoms with Gasteiger partial charge in [-0.25, -0.2) is 0 Å². The maximum absolute atomic E-state index is 2.54. The Morgan fingerprint density at radius 3 is 1.67 bits per heavy atom. The van der Waals surface area contributed by atoms with Crippen molar-refractivity contribution in [2.45, 2.75) is 0 Å². The van der Waals surface area contributed by atoms with Crippen LogP contribution < -0.4 is 0 Å². The van der Waals surface area contributed by atoms with E-state index in [1.165, 1.54) is 93.5 Å². The molecule has 0 spiro atoms. The van der Waals surface area contributed by atoms with Gasteiger partial charge in [-0.3, -0.25) is 0 Å². The van der Waals surface area contributed by atoms with Crippen LogP contribution in [0.4, 0.5) is 0 Å². The van der Waals surface area contributed by atoms with Crippen LogP contribution in [0.1, 0.15) is 0 Å². The van der Waals surface area contributed by atoms with Crippen LogP contribution in [0.15, 0.2) is 164 Å². The van der Waals surface area contributed by atoms with Gasteiger partial charge in [-0.2, -0.15) is 0 Å². The van der Waals surface area contributed by atoms with Gasteiger partial charge in [0, 0.05) is 21.8 Å². The third-order valence-electron chi connectivity index (χ3n) is 9.67. The van der Waals surface area contributed by atoms with Gasteiger partial charge in [0.25, 0.3) is 0 Å². The third-order valence-corrected chi connectivity index (χ3v) is 9.67. The van der Waals surface area contributed by atoms with Gasteiger partial charge >= 0.3 is 0 Å². The Morgan fingerprint density at radius 1 is 0.333 bits per heavy atom. The molecule has 45 heavy (non-hydrogen) atoms. The van der Waals surface area contributed by atoms with Gasteiger partial charge in [0.15, 0.2) is 0 Å². The summed E-state index contributed by atoms with van der Waals surface area (Å²) in [7, 11) is 0. The van der Waals surface area contributed by atoms with Crippen LogP contribution in [0.25, 0.3) is 93.5 Å². The minimum absolute atomic E-state index is 1.17. The van der Waals surface area contributed by atoms with Crippen molar-refractivity contribution < 1.29 is 0 Å². The normalized spacial score (nSPS) is 12.0. The summed E-state index contributed by atoms with van der Waals surface area (Å²) in [4.78, 5) is 0. The maximum Gasteiger partial charge on any atom is 0.0619 e. The van der Waals surface area contributed by atoms with Gasteiger partial charge in [0.1, 0.15) is 0 Å². The lowest BCUT2D eigenvalue weighted by molar-refractivity contribution is 1.19. The molecule has 1 heteroatoms. The second-order valence-corrected chi connectivity index (χ2v) is 12.1. The molecule has 0 aliphatic heterocycles. The van der Waals surface area contributed by atoms with E-state index < -0.39 is 0 Å². The molecule has 10 rings (SSSR count). The fourth-order valence-corrected chi connectivity index (χ4v) is 7.74. The SMILES string of the molecule is c1ccc(-c2cc(-c3ccccc3)cc(-n3c4cc5c6c(cccc6c4c4ccc6ccccc6c43)-c3ccccc3-5)c2)cc1. The summed E-state index contributed by atoms with van der Waals surface area (Å²) < 4.78 is 2.54. The van der Waals surface area contributed by atoms with Gasteiger partial charge in [0.05, 0.1) is 11.0 Å². The summed E-state index contributed by atoms with van der Waals surface area (Å²) in [6, 6.07) is 60.2. The molecule has 208 valence electrons. The van der Waals surface area contributed by atoms with Gasteiger partial charge in [-0.15, -0.1) is 0 Å². The molecule has 0 radical (unpaired) electrons. The van der Waals surface area contributed by atoms with E-state index in [0.717, 1.165) is 0 Å². The highest BCUT2D eigenvalue weighted by Crippen LogP contribution is 2.51. The Kier molecular flexibility index (Phi) is 5.06. The van der Waals surface area contributed by atoms with Crippen LogP contribution in [0.5, 0.6) is 0 Å². The third kappa shape index (κ3) is 3.50. The Morgan fingerprint density at radius 2 is 0.933 bits per heavy atom. The Balaban J connectivity index is 1.41. The molecule has 0 unspecified atom stereocenters. The molecule has 1 aromatic heterocycles. The van der Waals surface area contributed by atoms with Crippen LogP contribution in [-0.2, 0) is 0 Å². The lowest BCUT2D eigenvalue weighted by Crippen LogP contribution is -1.97. The number of fused-ring (bicyclic) bond motifs is 9. The number of benzene rings is 8. The molecule has 1 nitrogen and oxygen atoms in total. The zero-order valence-corrected chi connectivity index (χ0v) is 24.5. The zero-order chi connectivity index (χ0) is 29.5. The quantitative estimate of drug-likeness (QED) is 0.199. The molecular formula is C44H27N. The topological polar surface area (TPSA) is 4.93 Å². The number of nitrogens with zero attached hydrogens (tertiary/aromatic N) is 1. The first-order valence-electron chi connectivity index (χ1n) is 15.6. The predicted octanol–water partition coefficient (Wildman–Crippen LogP) is 12.1. The average molecular weight is 570 g/mol. The summed E-state index contributed by atoms with van der Waals surface area (Å²) >= 11 is 0. The fraction of sp³-hybridized carbons (Fsp3) is 0. The molecule has 1 aliphatic rings. The molecule has 9 aromatic rings. The monoisotopic (exact) mass is 569 g/mol. The highest BCUT2D eigenvalue weighted by Gasteiger charge is 2.26. The molecule has 1 heterocycles. The second-order valence-electron chi connectivity index (χ2n) is 12.1. The zero-order valence-electron chi connectivity index (χ0n) is 24.5. The predicted molar refractivity (Wildman–Crippen MR) is 191 cm³/mol. The molecule has 1 aliphatic carbocycles. The maximum atomic E-state index is 2.54. The van der Waals surface area contributed by atoms with Crippen molar-refractivity contribution in [1.82, 2.24) is 4.57 Å².